The molecule has 1 saturated carbocycles. The van der Waals surface area contributed by atoms with Crippen LogP contribution >= 0.6 is 0 Å². The molecule has 3 aliphatic heterocycles. The fourth-order valence-corrected chi connectivity index (χ4v) is 9.20. The Balaban J connectivity index is 0.859. The van der Waals surface area contributed by atoms with Gasteiger partial charge in [0, 0.05) is 58.8 Å². The molecule has 1 aromatic heterocycles. The summed E-state index contributed by atoms with van der Waals surface area (Å²) in [6.07, 6.45) is 8.56. The van der Waals surface area contributed by atoms with Crippen molar-refractivity contribution < 1.29 is 14.4 Å². The quantitative estimate of drug-likeness (QED) is 0.242. The third-order valence-electron chi connectivity index (χ3n) is 12.1. The monoisotopic (exact) mass is 698 g/mol. The molecule has 1 atom stereocenters. The van der Waals surface area contributed by atoms with E-state index in [0.29, 0.717) is 30.8 Å². The minimum absolute atomic E-state index is 0.159. The van der Waals surface area contributed by atoms with Gasteiger partial charge in [-0.15, -0.1) is 0 Å². The van der Waals surface area contributed by atoms with Crippen LogP contribution in [0.4, 0.5) is 11.4 Å². The molecule has 12 heteroatoms. The van der Waals surface area contributed by atoms with Gasteiger partial charge in [-0.05, 0) is 119 Å². The molecule has 0 spiro atoms. The highest BCUT2D eigenvalue weighted by Crippen LogP contribution is 2.37. The topological polar surface area (TPSA) is 129 Å². The molecule has 3 aromatic rings. The number of hydrogen-bond acceptors (Lipinski definition) is 8. The number of likely N-dealkylation sites (tertiary alicyclic amines) is 1. The summed E-state index contributed by atoms with van der Waals surface area (Å²) in [5, 5.41) is 2.40. The predicted molar refractivity (Wildman–Crippen MR) is 200 cm³/mol. The lowest BCUT2D eigenvalue weighted by Gasteiger charge is -2.36. The van der Waals surface area contributed by atoms with Gasteiger partial charge in [0.1, 0.15) is 6.04 Å². The van der Waals surface area contributed by atoms with Gasteiger partial charge in [0.25, 0.3) is 5.91 Å². The molecule has 2 saturated heterocycles. The van der Waals surface area contributed by atoms with Gasteiger partial charge >= 0.3 is 5.69 Å². The Morgan fingerprint density at radius 2 is 1.67 bits per heavy atom. The van der Waals surface area contributed by atoms with Gasteiger partial charge in [0.05, 0.1) is 22.4 Å². The molecule has 4 heterocycles. The summed E-state index contributed by atoms with van der Waals surface area (Å²) in [6, 6.07) is 9.56. The van der Waals surface area contributed by atoms with Crippen LogP contribution in [0.5, 0.6) is 0 Å². The Hall–Kier alpha value is -4.16. The highest BCUT2D eigenvalue weighted by molar-refractivity contribution is 6.01. The molecule has 12 nitrogen and oxygen atoms in total. The van der Waals surface area contributed by atoms with E-state index in [1.54, 1.807) is 16.2 Å². The molecule has 274 valence electrons. The lowest BCUT2D eigenvalue weighted by molar-refractivity contribution is -0.135. The average Bonchev–Trinajstić information content (AvgIpc) is 3.56. The number of benzene rings is 2. The van der Waals surface area contributed by atoms with Crippen molar-refractivity contribution in [1.29, 1.82) is 0 Å². The first-order valence-corrected chi connectivity index (χ1v) is 18.8. The number of anilines is 2. The van der Waals surface area contributed by atoms with Crippen LogP contribution < -0.4 is 21.6 Å². The molecule has 0 radical (unpaired) electrons. The van der Waals surface area contributed by atoms with Crippen molar-refractivity contribution in [2.45, 2.75) is 83.0 Å². The number of carbonyl (C=O) groups is 3. The van der Waals surface area contributed by atoms with Crippen molar-refractivity contribution in [3.63, 3.8) is 0 Å². The second-order valence-electron chi connectivity index (χ2n) is 15.8. The van der Waals surface area contributed by atoms with E-state index >= 15 is 0 Å². The van der Waals surface area contributed by atoms with Crippen LogP contribution in [0.1, 0.15) is 85.3 Å². The summed E-state index contributed by atoms with van der Waals surface area (Å²) in [6.45, 7) is 5.71. The molecule has 7 rings (SSSR count). The molecule has 3 N–H and O–H groups in total. The van der Waals surface area contributed by atoms with E-state index in [2.05, 4.69) is 33.1 Å². The van der Waals surface area contributed by atoms with Crippen LogP contribution in [0.3, 0.4) is 0 Å². The van der Waals surface area contributed by atoms with Gasteiger partial charge < -0.3 is 20.4 Å². The maximum absolute atomic E-state index is 13.4. The molecule has 1 unspecified atom stereocenters. The number of aryl methyl sites for hydroxylation is 1. The number of rotatable bonds is 10. The Morgan fingerprint density at radius 1 is 0.922 bits per heavy atom. The highest BCUT2D eigenvalue weighted by atomic mass is 16.2. The van der Waals surface area contributed by atoms with Crippen molar-refractivity contribution >= 4 is 40.1 Å². The van der Waals surface area contributed by atoms with Crippen LogP contribution in [0.15, 0.2) is 35.1 Å². The number of piperidine rings is 2. The molecule has 4 aliphatic rings. The minimum atomic E-state index is -0.671. The number of nitrogens with two attached hydrogens (primary N) is 1. The minimum Gasteiger partial charge on any atom is -0.397 e. The zero-order valence-electron chi connectivity index (χ0n) is 30.7. The number of nitrogen functional groups attached to an aromatic ring is 1. The number of aromatic nitrogens is 2. The second-order valence-corrected chi connectivity index (χ2v) is 15.8. The number of carbonyl (C=O) groups excluding carboxylic acids is 3. The largest absolute Gasteiger partial charge is 0.397 e. The first-order chi connectivity index (χ1) is 24.5. The van der Waals surface area contributed by atoms with Crippen molar-refractivity contribution in [3.8, 4) is 0 Å². The molecule has 3 fully saturated rings. The van der Waals surface area contributed by atoms with Gasteiger partial charge in [-0.3, -0.25) is 33.7 Å². The van der Waals surface area contributed by atoms with E-state index in [-0.39, 0.29) is 23.9 Å². The van der Waals surface area contributed by atoms with Crippen molar-refractivity contribution in [2.75, 3.05) is 58.0 Å². The molecule has 2 aromatic carbocycles. The van der Waals surface area contributed by atoms with Crippen LogP contribution in [0, 0.1) is 11.8 Å². The summed E-state index contributed by atoms with van der Waals surface area (Å²) in [5.41, 5.74) is 12.3. The smallest absolute Gasteiger partial charge is 0.329 e. The van der Waals surface area contributed by atoms with Crippen LogP contribution in [0.25, 0.3) is 11.0 Å². The third kappa shape index (κ3) is 7.04. The Labute approximate surface area is 300 Å². The standard InChI is InChI=1S/C39H54N8O4/c1-42(2)34-21-30-28(20-31(34)40)24-46(38(30)50)29-10-8-26(9-11-29)22-43(3)17-14-25-15-18-45(19-16-25)23-27-6-5-7-32-36(27)44(4)39(51)47(32)33-12-13-35(48)41-37(33)49/h5-7,20-21,25-26,29,33H,8-19,22-24,40H2,1-4H3,(H,41,48,49)/t26-,29-,33?. The fourth-order valence-electron chi connectivity index (χ4n) is 9.20. The van der Waals surface area contributed by atoms with Gasteiger partial charge in [-0.25, -0.2) is 4.79 Å². The lowest BCUT2D eigenvalue weighted by Crippen LogP contribution is -2.44. The van der Waals surface area contributed by atoms with E-state index in [1.165, 1.54) is 19.3 Å². The van der Waals surface area contributed by atoms with Crippen molar-refractivity contribution in [2.24, 2.45) is 18.9 Å². The summed E-state index contributed by atoms with van der Waals surface area (Å²) in [4.78, 5) is 60.1. The number of amides is 3. The molecule has 1 aliphatic carbocycles. The third-order valence-corrected chi connectivity index (χ3v) is 12.1. The number of nitrogens with zero attached hydrogens (tertiary/aromatic N) is 6. The van der Waals surface area contributed by atoms with E-state index in [1.807, 2.05) is 43.3 Å². The van der Waals surface area contributed by atoms with E-state index in [4.69, 9.17) is 5.73 Å². The van der Waals surface area contributed by atoms with Gasteiger partial charge in [0.2, 0.25) is 11.8 Å². The molecular weight excluding hydrogens is 644 g/mol. The van der Waals surface area contributed by atoms with Gasteiger partial charge in [-0.1, -0.05) is 12.1 Å². The predicted octanol–water partition coefficient (Wildman–Crippen LogP) is 3.71. The Morgan fingerprint density at radius 3 is 2.37 bits per heavy atom. The summed E-state index contributed by atoms with van der Waals surface area (Å²) in [5.74, 6) is 0.851. The molecule has 3 amide bonds. The number of hydrogen-bond donors (Lipinski definition) is 2. The maximum Gasteiger partial charge on any atom is 0.329 e. The number of fused-ring (bicyclic) bond motifs is 2. The van der Waals surface area contributed by atoms with E-state index in [9.17, 15) is 19.2 Å². The lowest BCUT2D eigenvalue weighted by atomic mass is 9.85. The fraction of sp³-hybridized carbons (Fsp3) is 0.590. The normalized spacial score (nSPS) is 23.4. The molecule has 0 bridgehead atoms. The van der Waals surface area contributed by atoms with E-state index < -0.39 is 11.9 Å². The maximum atomic E-state index is 13.4. The van der Waals surface area contributed by atoms with Gasteiger partial charge in [-0.2, -0.15) is 0 Å². The van der Waals surface area contributed by atoms with Crippen LogP contribution in [-0.4, -0.2) is 94.9 Å². The van der Waals surface area contributed by atoms with E-state index in [0.717, 1.165) is 97.5 Å². The summed E-state index contributed by atoms with van der Waals surface area (Å²) >= 11 is 0. The Bertz CT molecular complexity index is 1860. The molecular formula is C39H54N8O4. The molecule has 51 heavy (non-hydrogen) atoms. The first kappa shape index (κ1) is 35.3. The SMILES string of the molecule is CN(CCC1CCN(Cc2cccc3c2n(C)c(=O)n3C2CCC(=O)NC2=O)CC1)C[C@H]1CC[C@H](N2Cc3cc(N)c(N(C)C)cc3C2=O)CC1. The Kier molecular flexibility index (Phi) is 9.99. The van der Waals surface area contributed by atoms with Gasteiger partial charge in [0.15, 0.2) is 0 Å². The number of imidazole rings is 1. The number of nitrogens with one attached hydrogen (secondary N) is 1. The zero-order chi connectivity index (χ0) is 36.0. The second kappa shape index (κ2) is 14.5. The first-order valence-electron chi connectivity index (χ1n) is 18.8. The highest BCUT2D eigenvalue weighted by Gasteiger charge is 2.36. The summed E-state index contributed by atoms with van der Waals surface area (Å²) < 4.78 is 3.23. The van der Waals surface area contributed by atoms with Crippen LogP contribution in [-0.2, 0) is 29.7 Å². The number of para-hydroxylation sites is 1. The van der Waals surface area contributed by atoms with Crippen LogP contribution in [0.2, 0.25) is 0 Å². The van der Waals surface area contributed by atoms with Crippen molar-refractivity contribution in [1.82, 2.24) is 29.2 Å². The average molecular weight is 699 g/mol. The zero-order valence-corrected chi connectivity index (χ0v) is 30.7. The van der Waals surface area contributed by atoms with Crippen molar-refractivity contribution in [3.05, 3.63) is 57.5 Å². The number of imide groups is 1. The summed E-state index contributed by atoms with van der Waals surface area (Å²) in [7, 11) is 7.96.